The molecule has 0 amide bonds. The van der Waals surface area contributed by atoms with E-state index in [9.17, 15) is 38.2 Å². The van der Waals surface area contributed by atoms with Crippen LogP contribution in [0.25, 0.3) is 0 Å². The number of aliphatic hydroxyl groups is 3. The van der Waals surface area contributed by atoms with Gasteiger partial charge in [0, 0.05) is 0 Å². The zero-order chi connectivity index (χ0) is 19.7. The third-order valence-corrected chi connectivity index (χ3v) is 3.10. The quantitative estimate of drug-likeness (QED) is 0.423. The van der Waals surface area contributed by atoms with E-state index in [2.05, 4.69) is 4.74 Å². The van der Waals surface area contributed by atoms with Crippen LogP contribution in [0.5, 0.6) is 0 Å². The minimum absolute atomic E-state index is 0.374. The molecule has 0 radical (unpaired) electrons. The van der Waals surface area contributed by atoms with Crippen molar-refractivity contribution in [3.05, 3.63) is 0 Å². The highest BCUT2D eigenvalue weighted by molar-refractivity contribution is 6.16. The highest BCUT2D eigenvalue weighted by Crippen LogP contribution is 2.34. The number of hydrogen-bond acceptors (Lipinski definition) is 8. The minimum Gasteiger partial charge on any atom is -0.390 e. The molecule has 0 saturated carbocycles. The molecule has 0 aromatic carbocycles. The lowest BCUT2D eigenvalue weighted by Crippen LogP contribution is -2.66. The van der Waals surface area contributed by atoms with E-state index in [4.69, 9.17) is 5.11 Å². The molecule has 3 N–H and O–H groups in total. The van der Waals surface area contributed by atoms with Crippen LogP contribution in [-0.4, -0.2) is 62.6 Å². The molecule has 138 valence electrons. The average molecular weight is 354 g/mol. The zero-order valence-electron chi connectivity index (χ0n) is 13.8. The maximum Gasteiger partial charge on any atom is 0.388 e. The summed E-state index contributed by atoms with van der Waals surface area (Å²) in [4.78, 5) is 46.3. The molecule has 0 saturated heterocycles. The molecule has 0 fully saturated rings. The number of ketones is 2. The van der Waals surface area contributed by atoms with Crippen LogP contribution in [0.2, 0.25) is 0 Å². The maximum absolute atomic E-state index is 14.2. The third kappa shape index (κ3) is 4.00. The second-order valence-corrected chi connectivity index (χ2v) is 6.32. The topological polar surface area (TPSA) is 138 Å². The Bertz CT molecular complexity index is 549. The number of alkyl halides is 2. The summed E-state index contributed by atoms with van der Waals surface area (Å²) in [5, 5.41) is 28.3. The summed E-state index contributed by atoms with van der Waals surface area (Å²) in [7, 11) is 0. The highest BCUT2D eigenvalue weighted by atomic mass is 19.3. The second kappa shape index (κ2) is 6.99. The van der Waals surface area contributed by atoms with Crippen LogP contribution in [0, 0.1) is 5.41 Å². The van der Waals surface area contributed by atoms with Crippen LogP contribution in [0.3, 0.4) is 0 Å². The van der Waals surface area contributed by atoms with E-state index in [-0.39, 0.29) is 0 Å². The molecule has 3 atom stereocenters. The molecule has 0 aromatic heterocycles. The lowest BCUT2D eigenvalue weighted by molar-refractivity contribution is -0.217. The summed E-state index contributed by atoms with van der Waals surface area (Å²) >= 11 is 0. The zero-order valence-corrected chi connectivity index (χ0v) is 13.8. The Morgan fingerprint density at radius 2 is 1.42 bits per heavy atom. The molecular formula is C14H20F2O8. The van der Waals surface area contributed by atoms with E-state index in [1.54, 1.807) is 0 Å². The Morgan fingerprint density at radius 3 is 1.71 bits per heavy atom. The lowest BCUT2D eigenvalue weighted by Gasteiger charge is -2.32. The number of halogens is 2. The van der Waals surface area contributed by atoms with E-state index >= 15 is 0 Å². The monoisotopic (exact) mass is 354 g/mol. The molecule has 8 nitrogen and oxygen atoms in total. The SMILES string of the molecule is CC(=O)[C@@](O)(C(=O)C(O)C(C)O)C(F)(F)C(=O)OC(=O)C(C)(C)C. The summed E-state index contributed by atoms with van der Waals surface area (Å²) < 4.78 is 32.4. The number of ether oxygens (including phenoxy) is 1. The second-order valence-electron chi connectivity index (χ2n) is 6.32. The van der Waals surface area contributed by atoms with Crippen molar-refractivity contribution in [1.29, 1.82) is 0 Å². The third-order valence-electron chi connectivity index (χ3n) is 3.10. The number of hydrogen-bond donors (Lipinski definition) is 3. The van der Waals surface area contributed by atoms with E-state index in [1.807, 2.05) is 0 Å². The van der Waals surface area contributed by atoms with Crippen LogP contribution < -0.4 is 0 Å². The van der Waals surface area contributed by atoms with Gasteiger partial charge in [0.25, 0.3) is 5.60 Å². The van der Waals surface area contributed by atoms with Crippen LogP contribution >= 0.6 is 0 Å². The fourth-order valence-electron chi connectivity index (χ4n) is 1.43. The number of carbonyl (C=O) groups excluding carboxylic acids is 4. The molecule has 0 aliphatic carbocycles. The van der Waals surface area contributed by atoms with Gasteiger partial charge >= 0.3 is 17.9 Å². The van der Waals surface area contributed by atoms with E-state index < -0.39 is 52.7 Å². The number of carbonyl (C=O) groups is 4. The summed E-state index contributed by atoms with van der Waals surface area (Å²) in [6.07, 6.45) is -4.48. The van der Waals surface area contributed by atoms with Gasteiger partial charge in [0.2, 0.25) is 5.78 Å². The van der Waals surface area contributed by atoms with Crippen molar-refractivity contribution >= 4 is 23.5 Å². The van der Waals surface area contributed by atoms with Crippen LogP contribution in [0.15, 0.2) is 0 Å². The van der Waals surface area contributed by atoms with Gasteiger partial charge in [0.1, 0.15) is 6.10 Å². The van der Waals surface area contributed by atoms with Gasteiger partial charge in [-0.25, -0.2) is 4.79 Å². The molecular weight excluding hydrogens is 334 g/mol. The normalized spacial score (nSPS) is 17.4. The van der Waals surface area contributed by atoms with Crippen molar-refractivity contribution in [2.45, 2.75) is 58.4 Å². The Balaban J connectivity index is 5.88. The number of Topliss-reactive ketones (excluding diaryl/α,β-unsaturated/α-hetero) is 2. The van der Waals surface area contributed by atoms with E-state index in [0.29, 0.717) is 6.92 Å². The Kier molecular flexibility index (Phi) is 6.48. The first kappa shape index (κ1) is 22.2. The molecule has 24 heavy (non-hydrogen) atoms. The van der Waals surface area contributed by atoms with Crippen molar-refractivity contribution in [2.75, 3.05) is 0 Å². The molecule has 0 aliphatic heterocycles. The van der Waals surface area contributed by atoms with E-state index in [1.165, 1.54) is 20.8 Å². The standard InChI is InChI=1S/C14H20F2O8/c1-6(17)8(19)9(20)13(23,7(2)18)14(15,16)11(22)24-10(21)12(3,4)5/h6,8,17,19,23H,1-5H3/t6?,8?,13-/m1/s1. The van der Waals surface area contributed by atoms with Gasteiger partial charge in [-0.1, -0.05) is 0 Å². The summed E-state index contributed by atoms with van der Waals surface area (Å²) in [6, 6.07) is 0. The molecule has 0 spiro atoms. The smallest absolute Gasteiger partial charge is 0.388 e. The van der Waals surface area contributed by atoms with Gasteiger partial charge in [-0.15, -0.1) is 0 Å². The Hall–Kier alpha value is -1.78. The van der Waals surface area contributed by atoms with Gasteiger partial charge in [-0.3, -0.25) is 14.4 Å². The van der Waals surface area contributed by atoms with Crippen LogP contribution in [0.1, 0.15) is 34.6 Å². The fourth-order valence-corrected chi connectivity index (χ4v) is 1.43. The first-order valence-electron chi connectivity index (χ1n) is 6.79. The Labute approximate surface area is 136 Å². The molecule has 10 heteroatoms. The van der Waals surface area contributed by atoms with Crippen molar-refractivity contribution in [1.82, 2.24) is 0 Å². The predicted molar refractivity (Wildman–Crippen MR) is 73.8 cm³/mol. The van der Waals surface area contributed by atoms with Crippen molar-refractivity contribution in [2.24, 2.45) is 5.41 Å². The molecule has 2 unspecified atom stereocenters. The number of esters is 2. The van der Waals surface area contributed by atoms with Gasteiger partial charge in [-0.2, -0.15) is 8.78 Å². The van der Waals surface area contributed by atoms with Gasteiger partial charge in [0.15, 0.2) is 5.78 Å². The molecule has 0 rings (SSSR count). The van der Waals surface area contributed by atoms with Crippen molar-refractivity contribution < 1.29 is 48.0 Å². The van der Waals surface area contributed by atoms with Gasteiger partial charge < -0.3 is 20.1 Å². The maximum atomic E-state index is 14.2. The minimum atomic E-state index is -5.17. The molecule has 0 heterocycles. The number of rotatable bonds is 6. The summed E-state index contributed by atoms with van der Waals surface area (Å²) in [6.45, 7) is 4.96. The van der Waals surface area contributed by atoms with E-state index in [0.717, 1.165) is 6.92 Å². The number of aliphatic hydroxyl groups excluding tert-OH is 2. The van der Waals surface area contributed by atoms with Crippen molar-refractivity contribution in [3.63, 3.8) is 0 Å². The molecule has 0 bridgehead atoms. The van der Waals surface area contributed by atoms with Crippen LogP contribution in [-0.2, 0) is 23.9 Å². The lowest BCUT2D eigenvalue weighted by atomic mass is 9.83. The first-order valence-corrected chi connectivity index (χ1v) is 6.79. The Morgan fingerprint density at radius 1 is 1.00 bits per heavy atom. The largest absolute Gasteiger partial charge is 0.390 e. The average Bonchev–Trinajstić information content (AvgIpc) is 2.42. The molecule has 0 aromatic rings. The summed E-state index contributed by atoms with van der Waals surface area (Å²) in [5.74, 6) is -13.3. The summed E-state index contributed by atoms with van der Waals surface area (Å²) in [5.41, 5.74) is -5.66. The first-order chi connectivity index (χ1) is 10.5. The predicted octanol–water partition coefficient (Wildman–Crippen LogP) is -0.632. The van der Waals surface area contributed by atoms with Crippen molar-refractivity contribution in [3.8, 4) is 0 Å². The van der Waals surface area contributed by atoms with Crippen LogP contribution in [0.4, 0.5) is 8.78 Å². The highest BCUT2D eigenvalue weighted by Gasteiger charge is 2.69. The van der Waals surface area contributed by atoms with Gasteiger partial charge in [0.05, 0.1) is 11.5 Å². The van der Waals surface area contributed by atoms with Gasteiger partial charge in [-0.05, 0) is 34.6 Å². The molecule has 0 aliphatic rings. The fraction of sp³-hybridized carbons (Fsp3) is 0.714.